The van der Waals surface area contributed by atoms with E-state index in [0.717, 1.165) is 5.75 Å². The molecule has 0 amide bonds. The minimum atomic E-state index is 0.210. The van der Waals surface area contributed by atoms with Gasteiger partial charge in [0.1, 0.15) is 0 Å². The van der Waals surface area contributed by atoms with E-state index in [9.17, 15) is 0 Å². The fourth-order valence-corrected chi connectivity index (χ4v) is 2.78. The molecule has 0 aliphatic carbocycles. The van der Waals surface area contributed by atoms with Gasteiger partial charge in [-0.3, -0.25) is 0 Å². The number of halogens is 1. The Bertz CT molecular complexity index is 569. The number of hydrogen-bond acceptors (Lipinski definition) is 5. The van der Waals surface area contributed by atoms with Crippen LogP contribution in [0.15, 0.2) is 23.4 Å². The SMILES string of the molecule is CNc1nc(Cl)nc(SCc2cc(C)cc(C)c2)n1. The number of rotatable bonds is 4. The smallest absolute Gasteiger partial charge is 0.228 e. The molecule has 0 spiro atoms. The molecule has 100 valence electrons. The number of nitrogens with zero attached hydrogens (tertiary/aromatic N) is 3. The Labute approximate surface area is 122 Å². The van der Waals surface area contributed by atoms with Crippen molar-refractivity contribution in [1.82, 2.24) is 15.0 Å². The second kappa shape index (κ2) is 6.21. The van der Waals surface area contributed by atoms with E-state index in [1.54, 1.807) is 18.8 Å². The molecule has 1 N–H and O–H groups in total. The van der Waals surface area contributed by atoms with Gasteiger partial charge in [-0.15, -0.1) is 0 Å². The highest BCUT2D eigenvalue weighted by Gasteiger charge is 2.05. The standard InChI is InChI=1S/C13H15ClN4S/c1-8-4-9(2)6-10(5-8)7-19-13-17-11(14)16-12(15-3)18-13/h4-6H,7H2,1-3H3,(H,15,16,17,18). The molecule has 2 rings (SSSR count). The Kier molecular flexibility index (Phi) is 4.61. The number of aryl methyl sites for hydroxylation is 2. The predicted octanol–water partition coefficient (Wildman–Crippen LogP) is 3.48. The zero-order chi connectivity index (χ0) is 13.8. The molecule has 2 aromatic rings. The lowest BCUT2D eigenvalue weighted by Crippen LogP contribution is -2.00. The summed E-state index contributed by atoms with van der Waals surface area (Å²) in [5, 5.41) is 3.70. The topological polar surface area (TPSA) is 50.7 Å². The Morgan fingerprint density at radius 3 is 2.42 bits per heavy atom. The van der Waals surface area contributed by atoms with Crippen LogP contribution in [0.2, 0.25) is 5.28 Å². The minimum Gasteiger partial charge on any atom is -0.357 e. The monoisotopic (exact) mass is 294 g/mol. The van der Waals surface area contributed by atoms with Gasteiger partial charge in [-0.05, 0) is 31.0 Å². The first-order valence-corrected chi connectivity index (χ1v) is 7.22. The lowest BCUT2D eigenvalue weighted by Gasteiger charge is -2.05. The lowest BCUT2D eigenvalue weighted by molar-refractivity contribution is 0.908. The van der Waals surface area contributed by atoms with Crippen LogP contribution in [0.1, 0.15) is 16.7 Å². The molecule has 0 fully saturated rings. The molecule has 1 aromatic heterocycles. The minimum absolute atomic E-state index is 0.210. The molecule has 0 aliphatic heterocycles. The van der Waals surface area contributed by atoms with Gasteiger partial charge in [-0.2, -0.15) is 15.0 Å². The average molecular weight is 295 g/mol. The summed E-state index contributed by atoms with van der Waals surface area (Å²) in [6.07, 6.45) is 0. The molecule has 1 aromatic carbocycles. The van der Waals surface area contributed by atoms with Crippen LogP contribution < -0.4 is 5.32 Å². The van der Waals surface area contributed by atoms with Gasteiger partial charge >= 0.3 is 0 Å². The summed E-state index contributed by atoms with van der Waals surface area (Å²) in [5.74, 6) is 1.30. The van der Waals surface area contributed by atoms with Crippen molar-refractivity contribution in [1.29, 1.82) is 0 Å². The maximum Gasteiger partial charge on any atom is 0.228 e. The number of anilines is 1. The van der Waals surface area contributed by atoms with E-state index >= 15 is 0 Å². The van der Waals surface area contributed by atoms with Crippen LogP contribution in [0.4, 0.5) is 5.95 Å². The molecule has 0 radical (unpaired) electrons. The van der Waals surface area contributed by atoms with E-state index < -0.39 is 0 Å². The lowest BCUT2D eigenvalue weighted by atomic mass is 10.1. The van der Waals surface area contributed by atoms with Crippen molar-refractivity contribution in [2.75, 3.05) is 12.4 Å². The summed E-state index contributed by atoms with van der Waals surface area (Å²) in [6.45, 7) is 4.19. The van der Waals surface area contributed by atoms with Gasteiger partial charge in [0.15, 0.2) is 5.16 Å². The summed E-state index contributed by atoms with van der Waals surface area (Å²) >= 11 is 7.39. The van der Waals surface area contributed by atoms with E-state index in [-0.39, 0.29) is 5.28 Å². The summed E-state index contributed by atoms with van der Waals surface area (Å²) in [4.78, 5) is 12.3. The van der Waals surface area contributed by atoms with Crippen molar-refractivity contribution in [2.45, 2.75) is 24.8 Å². The highest BCUT2D eigenvalue weighted by molar-refractivity contribution is 7.98. The maximum absolute atomic E-state index is 5.85. The summed E-state index contributed by atoms with van der Waals surface area (Å²) < 4.78 is 0. The second-order valence-electron chi connectivity index (χ2n) is 4.25. The Hall–Kier alpha value is -1.33. The highest BCUT2D eigenvalue weighted by atomic mass is 35.5. The Morgan fingerprint density at radius 2 is 1.79 bits per heavy atom. The predicted molar refractivity (Wildman–Crippen MR) is 79.9 cm³/mol. The second-order valence-corrected chi connectivity index (χ2v) is 5.53. The highest BCUT2D eigenvalue weighted by Crippen LogP contribution is 2.22. The molecule has 0 saturated heterocycles. The first-order valence-electron chi connectivity index (χ1n) is 5.86. The van der Waals surface area contributed by atoms with Crippen LogP contribution in [0.3, 0.4) is 0 Å². The Balaban J connectivity index is 2.11. The van der Waals surface area contributed by atoms with E-state index in [0.29, 0.717) is 11.1 Å². The van der Waals surface area contributed by atoms with Gasteiger partial charge in [-0.25, -0.2) is 0 Å². The first kappa shape index (κ1) is 14.1. The van der Waals surface area contributed by atoms with Crippen molar-refractivity contribution < 1.29 is 0 Å². The van der Waals surface area contributed by atoms with Crippen molar-refractivity contribution in [3.63, 3.8) is 0 Å². The van der Waals surface area contributed by atoms with Crippen molar-refractivity contribution >= 4 is 29.3 Å². The molecular weight excluding hydrogens is 280 g/mol. The van der Waals surface area contributed by atoms with Crippen LogP contribution >= 0.6 is 23.4 Å². The fraction of sp³-hybridized carbons (Fsp3) is 0.308. The molecule has 0 bridgehead atoms. The molecular formula is C13H15ClN4S. The molecule has 0 aliphatic rings. The third-order valence-corrected chi connectivity index (χ3v) is 3.55. The van der Waals surface area contributed by atoms with Crippen LogP contribution in [0.5, 0.6) is 0 Å². The number of aromatic nitrogens is 3. The molecule has 0 unspecified atom stereocenters. The normalized spacial score (nSPS) is 10.5. The summed E-state index contributed by atoms with van der Waals surface area (Å²) in [6, 6.07) is 6.50. The summed E-state index contributed by atoms with van der Waals surface area (Å²) in [5.41, 5.74) is 3.78. The molecule has 4 nitrogen and oxygen atoms in total. The molecule has 1 heterocycles. The van der Waals surface area contributed by atoms with Crippen LogP contribution in [0, 0.1) is 13.8 Å². The van der Waals surface area contributed by atoms with E-state index in [1.807, 2.05) is 0 Å². The number of thioether (sulfide) groups is 1. The van der Waals surface area contributed by atoms with Gasteiger partial charge in [0.05, 0.1) is 0 Å². The van der Waals surface area contributed by atoms with Crippen LogP contribution in [-0.4, -0.2) is 22.0 Å². The fourth-order valence-electron chi connectivity index (χ4n) is 1.81. The first-order chi connectivity index (χ1) is 9.06. The third-order valence-electron chi connectivity index (χ3n) is 2.46. The van der Waals surface area contributed by atoms with Crippen molar-refractivity contribution in [2.24, 2.45) is 0 Å². The van der Waals surface area contributed by atoms with E-state index in [2.05, 4.69) is 52.3 Å². The van der Waals surface area contributed by atoms with Gasteiger partial charge < -0.3 is 5.32 Å². The van der Waals surface area contributed by atoms with E-state index in [4.69, 9.17) is 11.6 Å². The molecule has 6 heteroatoms. The van der Waals surface area contributed by atoms with E-state index in [1.165, 1.54) is 16.7 Å². The Morgan fingerprint density at radius 1 is 1.11 bits per heavy atom. The maximum atomic E-state index is 5.85. The largest absolute Gasteiger partial charge is 0.357 e. The zero-order valence-electron chi connectivity index (χ0n) is 11.1. The van der Waals surface area contributed by atoms with Gasteiger partial charge in [0, 0.05) is 12.8 Å². The van der Waals surface area contributed by atoms with Crippen molar-refractivity contribution in [3.05, 3.63) is 40.2 Å². The number of hydrogen-bond donors (Lipinski definition) is 1. The number of nitrogens with one attached hydrogen (secondary N) is 1. The zero-order valence-corrected chi connectivity index (χ0v) is 12.6. The van der Waals surface area contributed by atoms with Crippen molar-refractivity contribution in [3.8, 4) is 0 Å². The summed E-state index contributed by atoms with van der Waals surface area (Å²) in [7, 11) is 1.75. The van der Waals surface area contributed by atoms with Gasteiger partial charge in [0.25, 0.3) is 0 Å². The van der Waals surface area contributed by atoms with Crippen LogP contribution in [0.25, 0.3) is 0 Å². The van der Waals surface area contributed by atoms with Gasteiger partial charge in [0.2, 0.25) is 11.2 Å². The number of benzene rings is 1. The molecule has 0 atom stereocenters. The molecule has 0 saturated carbocycles. The van der Waals surface area contributed by atoms with Crippen LogP contribution in [-0.2, 0) is 5.75 Å². The third kappa shape index (κ3) is 4.08. The molecule has 19 heavy (non-hydrogen) atoms. The quantitative estimate of drug-likeness (QED) is 0.875. The average Bonchev–Trinajstić information content (AvgIpc) is 2.34. The van der Waals surface area contributed by atoms with Gasteiger partial charge in [-0.1, -0.05) is 41.1 Å².